The highest BCUT2D eigenvalue weighted by Crippen LogP contribution is 2.28. The fourth-order valence-corrected chi connectivity index (χ4v) is 2.30. The van der Waals surface area contributed by atoms with Crippen molar-refractivity contribution in [2.45, 2.75) is 16.7 Å². The minimum atomic E-state index is -0.404. The molecule has 2 aromatic rings. The van der Waals surface area contributed by atoms with E-state index in [0.717, 1.165) is 9.79 Å². The molecule has 0 radical (unpaired) electrons. The zero-order valence-corrected chi connectivity index (χ0v) is 10.7. The van der Waals surface area contributed by atoms with Gasteiger partial charge in [-0.25, -0.2) is 0 Å². The molecule has 0 unspecified atom stereocenters. The molecule has 2 aromatic carbocycles. The second-order valence-corrected chi connectivity index (χ2v) is 4.89. The number of amides is 1. The molecule has 0 aliphatic heterocycles. The molecule has 0 aliphatic carbocycles. The van der Waals surface area contributed by atoms with Crippen molar-refractivity contribution in [3.05, 3.63) is 54.6 Å². The highest BCUT2D eigenvalue weighted by atomic mass is 32.2. The van der Waals surface area contributed by atoms with E-state index in [1.807, 2.05) is 42.5 Å². The first kappa shape index (κ1) is 12.7. The number of hydrogen-bond acceptors (Lipinski definition) is 3. The van der Waals surface area contributed by atoms with Crippen LogP contribution < -0.4 is 5.06 Å². The molecular weight excluding hydrogens is 246 g/mol. The van der Waals surface area contributed by atoms with E-state index in [-0.39, 0.29) is 0 Å². The average molecular weight is 259 g/mol. The minimum Gasteiger partial charge on any atom is -0.281 e. The van der Waals surface area contributed by atoms with Crippen LogP contribution in [0.2, 0.25) is 0 Å². The van der Waals surface area contributed by atoms with Gasteiger partial charge in [-0.15, -0.1) is 0 Å². The molecule has 92 valence electrons. The SMILES string of the molecule is CC(=O)N(O)c1ccc(Sc2ccccc2)cc1. The van der Waals surface area contributed by atoms with E-state index in [0.29, 0.717) is 10.8 Å². The van der Waals surface area contributed by atoms with Crippen LogP contribution >= 0.6 is 11.8 Å². The van der Waals surface area contributed by atoms with Gasteiger partial charge in [-0.3, -0.25) is 10.0 Å². The summed E-state index contributed by atoms with van der Waals surface area (Å²) in [4.78, 5) is 13.2. The summed E-state index contributed by atoms with van der Waals surface area (Å²) in [7, 11) is 0. The first-order chi connectivity index (χ1) is 8.66. The number of carbonyl (C=O) groups excluding carboxylic acids is 1. The second-order valence-electron chi connectivity index (χ2n) is 3.74. The van der Waals surface area contributed by atoms with E-state index in [9.17, 15) is 10.0 Å². The fourth-order valence-electron chi connectivity index (χ4n) is 1.46. The van der Waals surface area contributed by atoms with Crippen LogP contribution in [0.1, 0.15) is 6.92 Å². The zero-order chi connectivity index (χ0) is 13.0. The van der Waals surface area contributed by atoms with Crippen molar-refractivity contribution in [1.82, 2.24) is 0 Å². The Kier molecular flexibility index (Phi) is 4.02. The van der Waals surface area contributed by atoms with Crippen LogP contribution in [0.4, 0.5) is 5.69 Å². The molecule has 0 heterocycles. The van der Waals surface area contributed by atoms with Crippen molar-refractivity contribution in [3.8, 4) is 0 Å². The zero-order valence-electron chi connectivity index (χ0n) is 9.91. The predicted molar refractivity (Wildman–Crippen MR) is 72.0 cm³/mol. The maximum Gasteiger partial charge on any atom is 0.247 e. The third kappa shape index (κ3) is 3.12. The fraction of sp³-hybridized carbons (Fsp3) is 0.0714. The molecule has 0 saturated heterocycles. The molecule has 0 aromatic heterocycles. The molecule has 1 N–H and O–H groups in total. The smallest absolute Gasteiger partial charge is 0.247 e. The molecule has 0 fully saturated rings. The number of anilines is 1. The van der Waals surface area contributed by atoms with Crippen LogP contribution in [0.5, 0.6) is 0 Å². The number of hydrogen-bond donors (Lipinski definition) is 1. The van der Waals surface area contributed by atoms with E-state index in [2.05, 4.69) is 0 Å². The second kappa shape index (κ2) is 5.71. The Morgan fingerprint density at radius 2 is 1.56 bits per heavy atom. The van der Waals surface area contributed by atoms with Gasteiger partial charge >= 0.3 is 0 Å². The maximum atomic E-state index is 11.0. The van der Waals surface area contributed by atoms with Crippen molar-refractivity contribution < 1.29 is 10.0 Å². The summed E-state index contributed by atoms with van der Waals surface area (Å²) in [5.41, 5.74) is 0.472. The van der Waals surface area contributed by atoms with Crippen molar-refractivity contribution >= 4 is 23.4 Å². The van der Waals surface area contributed by atoms with Gasteiger partial charge < -0.3 is 0 Å². The molecule has 2 rings (SSSR count). The molecule has 4 heteroatoms. The van der Waals surface area contributed by atoms with Gasteiger partial charge in [0.25, 0.3) is 0 Å². The first-order valence-electron chi connectivity index (χ1n) is 5.49. The van der Waals surface area contributed by atoms with Crippen molar-refractivity contribution in [1.29, 1.82) is 0 Å². The van der Waals surface area contributed by atoms with Crippen molar-refractivity contribution in [2.75, 3.05) is 5.06 Å². The van der Waals surface area contributed by atoms with Gasteiger partial charge in [0.15, 0.2) is 0 Å². The van der Waals surface area contributed by atoms with Crippen molar-refractivity contribution in [2.24, 2.45) is 0 Å². The highest BCUT2D eigenvalue weighted by Gasteiger charge is 2.07. The van der Waals surface area contributed by atoms with Gasteiger partial charge in [0.05, 0.1) is 5.69 Å². The van der Waals surface area contributed by atoms with Crippen molar-refractivity contribution in [3.63, 3.8) is 0 Å². The number of nitrogens with zero attached hydrogens (tertiary/aromatic N) is 1. The van der Waals surface area contributed by atoms with Gasteiger partial charge in [0, 0.05) is 16.7 Å². The predicted octanol–water partition coefficient (Wildman–Crippen LogP) is 3.58. The quantitative estimate of drug-likeness (QED) is 0.676. The van der Waals surface area contributed by atoms with Gasteiger partial charge in [0.1, 0.15) is 0 Å². The van der Waals surface area contributed by atoms with Crippen LogP contribution in [-0.4, -0.2) is 11.1 Å². The number of benzene rings is 2. The molecule has 0 aliphatic rings. The first-order valence-corrected chi connectivity index (χ1v) is 6.31. The van der Waals surface area contributed by atoms with Gasteiger partial charge in [-0.2, -0.15) is 5.06 Å². The van der Waals surface area contributed by atoms with E-state index in [1.165, 1.54) is 6.92 Å². The summed E-state index contributed by atoms with van der Waals surface area (Å²) < 4.78 is 0. The minimum absolute atomic E-state index is 0.404. The summed E-state index contributed by atoms with van der Waals surface area (Å²) >= 11 is 1.63. The lowest BCUT2D eigenvalue weighted by Gasteiger charge is -2.12. The van der Waals surface area contributed by atoms with E-state index in [4.69, 9.17) is 0 Å². The van der Waals surface area contributed by atoms with E-state index >= 15 is 0 Å². The molecular formula is C14H13NO2S. The van der Waals surface area contributed by atoms with Crippen LogP contribution in [0.15, 0.2) is 64.4 Å². The van der Waals surface area contributed by atoms with Gasteiger partial charge in [-0.1, -0.05) is 30.0 Å². The third-order valence-corrected chi connectivity index (χ3v) is 3.37. The molecule has 0 bridgehead atoms. The summed E-state index contributed by atoms with van der Waals surface area (Å²) in [6.07, 6.45) is 0. The van der Waals surface area contributed by atoms with E-state index in [1.54, 1.807) is 23.9 Å². The van der Waals surface area contributed by atoms with E-state index < -0.39 is 5.91 Å². The number of carbonyl (C=O) groups is 1. The lowest BCUT2D eigenvalue weighted by atomic mass is 10.3. The lowest BCUT2D eigenvalue weighted by molar-refractivity contribution is -0.121. The number of hydroxylamine groups is 1. The third-order valence-electron chi connectivity index (χ3n) is 2.36. The van der Waals surface area contributed by atoms with Gasteiger partial charge in [0.2, 0.25) is 5.91 Å². The Labute approximate surface area is 110 Å². The summed E-state index contributed by atoms with van der Waals surface area (Å²) in [5, 5.41) is 10.1. The normalized spacial score (nSPS) is 10.1. The Bertz CT molecular complexity index is 525. The van der Waals surface area contributed by atoms with Gasteiger partial charge in [-0.05, 0) is 36.4 Å². The molecule has 18 heavy (non-hydrogen) atoms. The Balaban J connectivity index is 2.11. The maximum absolute atomic E-state index is 11.0. The van der Waals surface area contributed by atoms with Crippen LogP contribution in [-0.2, 0) is 4.79 Å². The Hall–Kier alpha value is -1.78. The summed E-state index contributed by atoms with van der Waals surface area (Å²) in [6, 6.07) is 17.2. The molecule has 0 saturated carbocycles. The highest BCUT2D eigenvalue weighted by molar-refractivity contribution is 7.99. The van der Waals surface area contributed by atoms with Crippen LogP contribution in [0.25, 0.3) is 0 Å². The lowest BCUT2D eigenvalue weighted by Crippen LogP contribution is -2.23. The van der Waals surface area contributed by atoms with Crippen LogP contribution in [0, 0.1) is 0 Å². The monoisotopic (exact) mass is 259 g/mol. The molecule has 0 atom stereocenters. The standard InChI is InChI=1S/C14H13NO2S/c1-11(16)15(17)12-7-9-14(10-8-12)18-13-5-3-2-4-6-13/h2-10,17H,1H3. The number of rotatable bonds is 3. The largest absolute Gasteiger partial charge is 0.281 e. The Morgan fingerprint density at radius 3 is 2.11 bits per heavy atom. The molecule has 3 nitrogen and oxygen atoms in total. The molecule has 0 spiro atoms. The summed E-state index contributed by atoms with van der Waals surface area (Å²) in [5.74, 6) is -0.404. The average Bonchev–Trinajstić information content (AvgIpc) is 2.40. The van der Waals surface area contributed by atoms with Crippen LogP contribution in [0.3, 0.4) is 0 Å². The molecule has 1 amide bonds. The topological polar surface area (TPSA) is 40.5 Å². The Morgan fingerprint density at radius 1 is 1.00 bits per heavy atom. The summed E-state index contributed by atoms with van der Waals surface area (Å²) in [6.45, 7) is 1.31.